The van der Waals surface area contributed by atoms with E-state index in [4.69, 9.17) is 4.98 Å². The zero-order chi connectivity index (χ0) is 26.6. The third kappa shape index (κ3) is 3.45. The lowest BCUT2D eigenvalue weighted by molar-refractivity contribution is -0.126. The molecule has 1 aliphatic heterocycles. The molecule has 2 amide bonds. The minimum Gasteiger partial charge on any atom is -0.375 e. The quantitative estimate of drug-likeness (QED) is 0.308. The summed E-state index contributed by atoms with van der Waals surface area (Å²) in [5, 5.41) is 15.3. The van der Waals surface area contributed by atoms with Crippen LogP contribution in [0, 0.1) is 23.7 Å². The number of amides is 2. The van der Waals surface area contributed by atoms with Gasteiger partial charge in [0.1, 0.15) is 0 Å². The Bertz CT molecular complexity index is 1550. The number of fused-ring (bicyclic) bond motifs is 5. The van der Waals surface area contributed by atoms with Gasteiger partial charge >= 0.3 is 0 Å². The highest BCUT2D eigenvalue weighted by Gasteiger charge is 2.64. The third-order valence-corrected chi connectivity index (χ3v) is 8.29. The first-order valence-electron chi connectivity index (χ1n) is 13.1. The number of hydrogen-bond acceptors (Lipinski definition) is 5. The zero-order valence-electron chi connectivity index (χ0n) is 20.9. The highest BCUT2D eigenvalue weighted by Crippen LogP contribution is 2.63. The molecule has 2 aromatic carbocycles. The number of imide groups is 1. The van der Waals surface area contributed by atoms with Crippen molar-refractivity contribution in [3.63, 3.8) is 0 Å². The average Bonchev–Trinajstić information content (AvgIpc) is 3.63. The van der Waals surface area contributed by atoms with Gasteiger partial charge in [0.05, 0.1) is 23.2 Å². The predicted molar refractivity (Wildman–Crippen MR) is 146 cm³/mol. The Morgan fingerprint density at radius 3 is 2.05 bits per heavy atom. The maximum Gasteiger partial charge on any atom is 0.231 e. The fraction of sp³-hybridized carbons (Fsp3) is 0.152. The van der Waals surface area contributed by atoms with Crippen LogP contribution in [0.1, 0.15) is 22.5 Å². The number of aromatic nitrogens is 2. The number of benzene rings is 2. The second-order valence-corrected chi connectivity index (χ2v) is 10.2. The Balaban J connectivity index is 1.53. The summed E-state index contributed by atoms with van der Waals surface area (Å²) in [7, 11) is 0. The van der Waals surface area contributed by atoms with E-state index in [1.165, 1.54) is 0 Å². The molecule has 1 saturated heterocycles. The monoisotopic (exact) mass is 511 g/mol. The van der Waals surface area contributed by atoms with Crippen LogP contribution in [0.4, 0.5) is 0 Å². The number of pyridine rings is 2. The normalized spacial score (nSPS) is 26.0. The topological polar surface area (TPSA) is 92.2 Å². The molecular formula is C33H25N3O3. The SMILES string of the molecule is O=C1NC(=O)C2C3C(C(O)(c4ccccc4)c4ccccn4)=CC(/C3=C(/c3ccccc3)c3ccccn3)C12. The molecule has 1 saturated carbocycles. The van der Waals surface area contributed by atoms with Crippen molar-refractivity contribution in [1.29, 1.82) is 0 Å². The summed E-state index contributed by atoms with van der Waals surface area (Å²) < 4.78 is 0. The van der Waals surface area contributed by atoms with E-state index in [0.29, 0.717) is 16.8 Å². The number of rotatable bonds is 5. The smallest absolute Gasteiger partial charge is 0.231 e. The molecule has 5 unspecified atom stereocenters. The molecule has 3 heterocycles. The molecule has 6 nitrogen and oxygen atoms in total. The second-order valence-electron chi connectivity index (χ2n) is 10.2. The summed E-state index contributed by atoms with van der Waals surface area (Å²) in [5.41, 5.74) is 3.74. The maximum atomic E-state index is 13.3. The molecule has 3 aliphatic rings. The van der Waals surface area contributed by atoms with Crippen LogP contribution in [-0.2, 0) is 15.2 Å². The van der Waals surface area contributed by atoms with Crippen LogP contribution >= 0.6 is 0 Å². The first-order valence-corrected chi connectivity index (χ1v) is 13.1. The molecule has 190 valence electrons. The van der Waals surface area contributed by atoms with E-state index in [9.17, 15) is 14.7 Å². The number of nitrogens with one attached hydrogen (secondary N) is 1. The molecule has 39 heavy (non-hydrogen) atoms. The van der Waals surface area contributed by atoms with Crippen LogP contribution in [-0.4, -0.2) is 26.9 Å². The van der Waals surface area contributed by atoms with Crippen LogP contribution < -0.4 is 5.32 Å². The Labute approximate surface area is 225 Å². The van der Waals surface area contributed by atoms with Gasteiger partial charge in [-0.15, -0.1) is 0 Å². The van der Waals surface area contributed by atoms with Gasteiger partial charge in [0.25, 0.3) is 0 Å². The van der Waals surface area contributed by atoms with Crippen LogP contribution in [0.5, 0.6) is 0 Å². The molecule has 0 radical (unpaired) electrons. The molecule has 2 N–H and O–H groups in total. The number of carbonyl (C=O) groups excluding carboxylic acids is 2. The highest BCUT2D eigenvalue weighted by molar-refractivity contribution is 6.08. The molecule has 5 atom stereocenters. The number of hydrogen-bond donors (Lipinski definition) is 2. The molecule has 2 fully saturated rings. The molecule has 0 spiro atoms. The van der Waals surface area contributed by atoms with E-state index in [2.05, 4.69) is 10.3 Å². The number of aliphatic hydroxyl groups is 1. The summed E-state index contributed by atoms with van der Waals surface area (Å²) in [6.07, 6.45) is 5.41. The van der Waals surface area contributed by atoms with E-state index in [-0.39, 0.29) is 17.7 Å². The third-order valence-electron chi connectivity index (χ3n) is 8.29. The fourth-order valence-corrected chi connectivity index (χ4v) is 6.77. The van der Waals surface area contributed by atoms with Crippen molar-refractivity contribution in [2.24, 2.45) is 23.7 Å². The Kier molecular flexibility index (Phi) is 5.39. The Morgan fingerprint density at radius 2 is 1.38 bits per heavy atom. The predicted octanol–water partition coefficient (Wildman–Crippen LogP) is 4.29. The highest BCUT2D eigenvalue weighted by atomic mass is 16.3. The van der Waals surface area contributed by atoms with Gasteiger partial charge in [-0.25, -0.2) is 0 Å². The Morgan fingerprint density at radius 1 is 0.744 bits per heavy atom. The van der Waals surface area contributed by atoms with E-state index < -0.39 is 23.4 Å². The first kappa shape index (κ1) is 23.4. The molecular weight excluding hydrogens is 486 g/mol. The van der Waals surface area contributed by atoms with Crippen molar-refractivity contribution < 1.29 is 14.7 Å². The van der Waals surface area contributed by atoms with Gasteiger partial charge in [0.15, 0.2) is 5.60 Å². The van der Waals surface area contributed by atoms with Crippen molar-refractivity contribution in [3.05, 3.63) is 149 Å². The van der Waals surface area contributed by atoms with Crippen molar-refractivity contribution in [3.8, 4) is 0 Å². The lowest BCUT2D eigenvalue weighted by Crippen LogP contribution is -2.38. The van der Waals surface area contributed by atoms with Gasteiger partial charge in [0, 0.05) is 29.8 Å². The minimum atomic E-state index is -1.60. The fourth-order valence-electron chi connectivity index (χ4n) is 6.77. The van der Waals surface area contributed by atoms with E-state index in [0.717, 1.165) is 22.4 Å². The Hall–Kier alpha value is -4.68. The van der Waals surface area contributed by atoms with Gasteiger partial charge in [-0.2, -0.15) is 0 Å². The molecule has 6 heteroatoms. The van der Waals surface area contributed by atoms with Gasteiger partial charge in [-0.3, -0.25) is 24.9 Å². The summed E-state index contributed by atoms with van der Waals surface area (Å²) in [6, 6.07) is 30.6. The van der Waals surface area contributed by atoms with E-state index >= 15 is 0 Å². The number of allylic oxidation sites excluding steroid dienone is 2. The van der Waals surface area contributed by atoms with E-state index in [1.54, 1.807) is 18.5 Å². The molecule has 4 aromatic rings. The van der Waals surface area contributed by atoms with E-state index in [1.807, 2.05) is 97.1 Å². The van der Waals surface area contributed by atoms with Crippen molar-refractivity contribution >= 4 is 17.4 Å². The van der Waals surface area contributed by atoms with Crippen LogP contribution in [0.2, 0.25) is 0 Å². The van der Waals surface area contributed by atoms with Gasteiger partial charge in [-0.05, 0) is 46.5 Å². The second kappa shape index (κ2) is 8.96. The molecule has 2 aromatic heterocycles. The average molecular weight is 512 g/mol. The summed E-state index contributed by atoms with van der Waals surface area (Å²) in [5.74, 6) is -2.62. The van der Waals surface area contributed by atoms with Crippen LogP contribution in [0.15, 0.2) is 127 Å². The maximum absolute atomic E-state index is 13.3. The summed E-state index contributed by atoms with van der Waals surface area (Å²) in [4.78, 5) is 35.7. The summed E-state index contributed by atoms with van der Waals surface area (Å²) in [6.45, 7) is 0. The van der Waals surface area contributed by atoms with Crippen molar-refractivity contribution in [2.75, 3.05) is 0 Å². The summed E-state index contributed by atoms with van der Waals surface area (Å²) >= 11 is 0. The molecule has 2 bridgehead atoms. The van der Waals surface area contributed by atoms with Crippen LogP contribution in [0.3, 0.4) is 0 Å². The molecule has 2 aliphatic carbocycles. The lowest BCUT2D eigenvalue weighted by Gasteiger charge is -2.36. The van der Waals surface area contributed by atoms with Crippen molar-refractivity contribution in [2.45, 2.75) is 5.60 Å². The van der Waals surface area contributed by atoms with Gasteiger partial charge in [-0.1, -0.05) is 78.9 Å². The number of carbonyl (C=O) groups is 2. The molecule has 7 rings (SSSR count). The van der Waals surface area contributed by atoms with Gasteiger partial charge in [0.2, 0.25) is 11.8 Å². The zero-order valence-corrected chi connectivity index (χ0v) is 20.9. The van der Waals surface area contributed by atoms with Crippen LogP contribution in [0.25, 0.3) is 5.57 Å². The number of nitrogens with zero attached hydrogens (tertiary/aromatic N) is 2. The standard InChI is InChI=1S/C33H25N3O3/c37-31-28-22-19-23(33(39,21-13-5-2-6-14-21)25-16-8-10-18-35-25)29(30(28)32(38)36-31)27(22)26(20-11-3-1-4-12-20)24-15-7-9-17-34-24/h1-19,22,28-30,39H,(H,36,37,38)/b27-26+. The largest absolute Gasteiger partial charge is 0.375 e. The first-order chi connectivity index (χ1) is 19.1. The van der Waals surface area contributed by atoms with Gasteiger partial charge < -0.3 is 5.11 Å². The minimum absolute atomic E-state index is 0.264. The van der Waals surface area contributed by atoms with Crippen molar-refractivity contribution in [1.82, 2.24) is 15.3 Å². The lowest BCUT2D eigenvalue weighted by atomic mass is 9.71.